The molecule has 154 valence electrons. The van der Waals surface area contributed by atoms with Gasteiger partial charge in [-0.05, 0) is 42.1 Å². The first kappa shape index (κ1) is 21.0. The summed E-state index contributed by atoms with van der Waals surface area (Å²) < 4.78 is 18.4. The average Bonchev–Trinajstić information content (AvgIpc) is 2.95. The van der Waals surface area contributed by atoms with E-state index in [2.05, 4.69) is 5.32 Å². The summed E-state index contributed by atoms with van der Waals surface area (Å²) in [6, 6.07) is 9.01. The molecule has 1 aliphatic rings. The van der Waals surface area contributed by atoms with E-state index in [0.717, 1.165) is 11.0 Å². The molecular weight excluding hydrogens is 417 g/mol. The number of thioether (sulfide) groups is 1. The Morgan fingerprint density at radius 1 is 1.30 bits per heavy atom. The molecule has 0 unspecified atom stereocenters. The molecule has 1 saturated heterocycles. The standard InChI is InChI=1S/C19H14FN3O6S/c1-29-15-6-5-14(23(27)28)7-11(15)8-16-18(25)22(19(26)30-16)10-17(24)21-13-4-2-3-12(20)9-13/h2-9H,10H2,1H3,(H,21,24)/b16-8+. The predicted molar refractivity (Wildman–Crippen MR) is 107 cm³/mol. The second kappa shape index (κ2) is 8.74. The van der Waals surface area contributed by atoms with Gasteiger partial charge >= 0.3 is 0 Å². The van der Waals surface area contributed by atoms with Crippen molar-refractivity contribution in [1.29, 1.82) is 0 Å². The summed E-state index contributed by atoms with van der Waals surface area (Å²) in [7, 11) is 1.36. The second-order valence-corrected chi connectivity index (χ2v) is 7.00. The molecule has 1 aliphatic heterocycles. The Morgan fingerprint density at radius 3 is 2.73 bits per heavy atom. The molecule has 3 rings (SSSR count). The minimum Gasteiger partial charge on any atom is -0.496 e. The van der Waals surface area contributed by atoms with Crippen molar-refractivity contribution < 1.29 is 28.4 Å². The van der Waals surface area contributed by atoms with Crippen LogP contribution in [0.5, 0.6) is 5.75 Å². The third-order valence-corrected chi connectivity index (χ3v) is 4.90. The summed E-state index contributed by atoms with van der Waals surface area (Å²) in [4.78, 5) is 48.0. The molecule has 11 heteroatoms. The third-order valence-electron chi connectivity index (χ3n) is 3.99. The van der Waals surface area contributed by atoms with Gasteiger partial charge in [-0.15, -0.1) is 0 Å². The molecule has 0 bridgehead atoms. The molecule has 1 N–H and O–H groups in total. The van der Waals surface area contributed by atoms with Gasteiger partial charge in [0.15, 0.2) is 0 Å². The van der Waals surface area contributed by atoms with Crippen LogP contribution in [0.2, 0.25) is 0 Å². The van der Waals surface area contributed by atoms with Gasteiger partial charge in [-0.25, -0.2) is 4.39 Å². The van der Waals surface area contributed by atoms with E-state index < -0.39 is 34.3 Å². The molecule has 0 saturated carbocycles. The SMILES string of the molecule is COc1ccc([N+](=O)[O-])cc1/C=C1/SC(=O)N(CC(=O)Nc2cccc(F)c2)C1=O. The van der Waals surface area contributed by atoms with Gasteiger partial charge in [0.2, 0.25) is 5.91 Å². The van der Waals surface area contributed by atoms with Crippen LogP contribution in [0.4, 0.5) is 20.6 Å². The highest BCUT2D eigenvalue weighted by atomic mass is 32.2. The Morgan fingerprint density at radius 2 is 2.07 bits per heavy atom. The largest absolute Gasteiger partial charge is 0.496 e. The predicted octanol–water partition coefficient (Wildman–Crippen LogP) is 3.42. The van der Waals surface area contributed by atoms with Crippen molar-refractivity contribution in [3.63, 3.8) is 0 Å². The van der Waals surface area contributed by atoms with Crippen molar-refractivity contribution in [2.75, 3.05) is 19.0 Å². The minimum absolute atomic E-state index is 0.0163. The van der Waals surface area contributed by atoms with Crippen LogP contribution in [0.1, 0.15) is 5.56 Å². The number of nitrogens with zero attached hydrogens (tertiary/aromatic N) is 2. The second-order valence-electron chi connectivity index (χ2n) is 6.01. The van der Waals surface area contributed by atoms with Crippen LogP contribution in [-0.4, -0.2) is 40.5 Å². The molecule has 2 aromatic rings. The van der Waals surface area contributed by atoms with Gasteiger partial charge in [-0.1, -0.05) is 6.07 Å². The highest BCUT2D eigenvalue weighted by molar-refractivity contribution is 8.18. The monoisotopic (exact) mass is 431 g/mol. The summed E-state index contributed by atoms with van der Waals surface area (Å²) >= 11 is 0.594. The molecule has 0 spiro atoms. The zero-order valence-electron chi connectivity index (χ0n) is 15.5. The fourth-order valence-electron chi connectivity index (χ4n) is 2.64. The van der Waals surface area contributed by atoms with Crippen molar-refractivity contribution >= 4 is 46.3 Å². The van der Waals surface area contributed by atoms with E-state index in [-0.39, 0.29) is 27.6 Å². The number of amides is 3. The van der Waals surface area contributed by atoms with Gasteiger partial charge in [0.05, 0.1) is 16.9 Å². The highest BCUT2D eigenvalue weighted by Gasteiger charge is 2.36. The number of nitro benzene ring substituents is 1. The van der Waals surface area contributed by atoms with Gasteiger partial charge in [0.1, 0.15) is 18.1 Å². The van der Waals surface area contributed by atoms with E-state index >= 15 is 0 Å². The van der Waals surface area contributed by atoms with Gasteiger partial charge in [-0.2, -0.15) is 0 Å². The molecular formula is C19H14FN3O6S. The van der Waals surface area contributed by atoms with Crippen LogP contribution in [0.25, 0.3) is 6.08 Å². The molecule has 2 aromatic carbocycles. The molecule has 1 heterocycles. The maximum atomic E-state index is 13.2. The summed E-state index contributed by atoms with van der Waals surface area (Å²) in [5.41, 5.74) is 0.209. The number of halogens is 1. The molecule has 0 aliphatic carbocycles. The summed E-state index contributed by atoms with van der Waals surface area (Å²) in [6.45, 7) is -0.565. The molecule has 0 radical (unpaired) electrons. The fourth-order valence-corrected chi connectivity index (χ4v) is 3.47. The number of rotatable bonds is 6. The number of carbonyl (C=O) groups excluding carboxylic acids is 3. The molecule has 1 fully saturated rings. The summed E-state index contributed by atoms with van der Waals surface area (Å²) in [5, 5.41) is 12.7. The van der Waals surface area contributed by atoms with E-state index in [1.54, 1.807) is 0 Å². The molecule has 0 aromatic heterocycles. The van der Waals surface area contributed by atoms with Crippen molar-refractivity contribution in [2.24, 2.45) is 0 Å². The number of hydrogen-bond acceptors (Lipinski definition) is 7. The van der Waals surface area contributed by atoms with E-state index in [4.69, 9.17) is 4.74 Å². The number of methoxy groups -OCH3 is 1. The van der Waals surface area contributed by atoms with E-state index in [1.807, 2.05) is 0 Å². The minimum atomic E-state index is -0.729. The molecule has 3 amide bonds. The summed E-state index contributed by atoms with van der Waals surface area (Å²) in [5.74, 6) is -1.69. The summed E-state index contributed by atoms with van der Waals surface area (Å²) in [6.07, 6.45) is 1.29. The number of benzene rings is 2. The number of imide groups is 1. The number of nitro groups is 1. The Kier molecular flexibility index (Phi) is 6.11. The van der Waals surface area contributed by atoms with Crippen LogP contribution in [0.15, 0.2) is 47.4 Å². The van der Waals surface area contributed by atoms with Crippen molar-refractivity contribution in [1.82, 2.24) is 4.90 Å². The maximum absolute atomic E-state index is 13.2. The Labute approximate surface area is 173 Å². The van der Waals surface area contributed by atoms with Gasteiger partial charge < -0.3 is 10.1 Å². The Hall–Kier alpha value is -3.73. The van der Waals surface area contributed by atoms with Crippen LogP contribution in [0, 0.1) is 15.9 Å². The van der Waals surface area contributed by atoms with Crippen LogP contribution < -0.4 is 10.1 Å². The highest BCUT2D eigenvalue weighted by Crippen LogP contribution is 2.35. The number of non-ortho nitro benzene ring substituents is 1. The maximum Gasteiger partial charge on any atom is 0.294 e. The smallest absolute Gasteiger partial charge is 0.294 e. The number of nitrogens with one attached hydrogen (secondary N) is 1. The van der Waals surface area contributed by atoms with Crippen LogP contribution in [-0.2, 0) is 9.59 Å². The normalized spacial score (nSPS) is 14.9. The topological polar surface area (TPSA) is 119 Å². The number of carbonyl (C=O) groups is 3. The van der Waals surface area contributed by atoms with Crippen molar-refractivity contribution in [2.45, 2.75) is 0 Å². The van der Waals surface area contributed by atoms with E-state index in [1.165, 1.54) is 49.6 Å². The lowest BCUT2D eigenvalue weighted by atomic mass is 10.1. The van der Waals surface area contributed by atoms with Gasteiger partial charge in [0.25, 0.3) is 16.8 Å². The van der Waals surface area contributed by atoms with Crippen LogP contribution >= 0.6 is 11.8 Å². The van der Waals surface area contributed by atoms with Gasteiger partial charge in [0, 0.05) is 23.4 Å². The molecule has 9 nitrogen and oxygen atoms in total. The van der Waals surface area contributed by atoms with E-state index in [9.17, 15) is 28.9 Å². The molecule has 30 heavy (non-hydrogen) atoms. The lowest BCUT2D eigenvalue weighted by Crippen LogP contribution is -2.36. The Bertz CT molecular complexity index is 1090. The molecule has 0 atom stereocenters. The Balaban J connectivity index is 1.78. The third kappa shape index (κ3) is 4.63. The van der Waals surface area contributed by atoms with Gasteiger partial charge in [-0.3, -0.25) is 29.4 Å². The average molecular weight is 431 g/mol. The van der Waals surface area contributed by atoms with Crippen LogP contribution in [0.3, 0.4) is 0 Å². The lowest BCUT2D eigenvalue weighted by molar-refractivity contribution is -0.384. The zero-order chi connectivity index (χ0) is 21.8. The lowest BCUT2D eigenvalue weighted by Gasteiger charge is -2.12. The first-order valence-corrected chi connectivity index (χ1v) is 9.23. The van der Waals surface area contributed by atoms with Crippen molar-refractivity contribution in [3.8, 4) is 5.75 Å². The number of ether oxygens (including phenoxy) is 1. The zero-order valence-corrected chi connectivity index (χ0v) is 16.3. The first-order valence-electron chi connectivity index (χ1n) is 8.41. The fraction of sp³-hybridized carbons (Fsp3) is 0.105. The quantitative estimate of drug-likeness (QED) is 0.423. The first-order chi connectivity index (χ1) is 14.3. The number of hydrogen-bond donors (Lipinski definition) is 1. The van der Waals surface area contributed by atoms with Crippen molar-refractivity contribution in [3.05, 3.63) is 68.9 Å². The van der Waals surface area contributed by atoms with E-state index in [0.29, 0.717) is 11.8 Å². The number of anilines is 1.